The molecule has 1 fully saturated rings. The summed E-state index contributed by atoms with van der Waals surface area (Å²) in [7, 11) is 0. The Hall–Kier alpha value is -1.62. The number of nitrogens with two attached hydrogens (primary N) is 1. The van der Waals surface area contributed by atoms with Crippen LogP contribution in [0, 0.1) is 10.1 Å². The molecule has 2 unspecified atom stereocenters. The number of hydrogen-bond donors (Lipinski definition) is 2. The van der Waals surface area contributed by atoms with Gasteiger partial charge in [0.25, 0.3) is 5.69 Å². The van der Waals surface area contributed by atoms with Gasteiger partial charge in [-0.25, -0.2) is 0 Å². The second-order valence-electron chi connectivity index (χ2n) is 4.57. The third kappa shape index (κ3) is 3.17. The van der Waals surface area contributed by atoms with Crippen LogP contribution < -0.4 is 11.1 Å². The molecule has 17 heavy (non-hydrogen) atoms. The molecular weight excluding hydrogens is 218 g/mol. The Balaban J connectivity index is 1.96. The molecule has 1 saturated carbocycles. The van der Waals surface area contributed by atoms with Crippen LogP contribution in [0.1, 0.15) is 25.7 Å². The van der Waals surface area contributed by atoms with Crippen molar-refractivity contribution in [2.45, 2.75) is 37.8 Å². The first-order valence-electron chi connectivity index (χ1n) is 5.92. The lowest BCUT2D eigenvalue weighted by atomic mass is 9.91. The van der Waals surface area contributed by atoms with Crippen molar-refractivity contribution in [1.29, 1.82) is 0 Å². The largest absolute Gasteiger partial charge is 0.382 e. The molecule has 2 rings (SSSR count). The Bertz CT molecular complexity index is 391. The van der Waals surface area contributed by atoms with Crippen molar-refractivity contribution in [3.63, 3.8) is 0 Å². The number of nitro groups is 1. The summed E-state index contributed by atoms with van der Waals surface area (Å²) in [6.07, 6.45) is 4.33. The molecule has 0 saturated heterocycles. The number of hydrogen-bond acceptors (Lipinski definition) is 4. The second-order valence-corrected chi connectivity index (χ2v) is 4.57. The monoisotopic (exact) mass is 235 g/mol. The molecule has 5 nitrogen and oxygen atoms in total. The first-order chi connectivity index (χ1) is 8.15. The van der Waals surface area contributed by atoms with Gasteiger partial charge in [0.05, 0.1) is 4.92 Å². The summed E-state index contributed by atoms with van der Waals surface area (Å²) in [6, 6.07) is 7.20. The summed E-state index contributed by atoms with van der Waals surface area (Å²) in [5.41, 5.74) is 6.96. The highest BCUT2D eigenvalue weighted by molar-refractivity contribution is 5.49. The van der Waals surface area contributed by atoms with E-state index in [9.17, 15) is 10.1 Å². The number of rotatable bonds is 3. The molecule has 2 atom stereocenters. The van der Waals surface area contributed by atoms with Crippen molar-refractivity contribution in [3.8, 4) is 0 Å². The van der Waals surface area contributed by atoms with Crippen LogP contribution in [0.15, 0.2) is 24.3 Å². The van der Waals surface area contributed by atoms with E-state index in [2.05, 4.69) is 5.32 Å². The highest BCUT2D eigenvalue weighted by atomic mass is 16.6. The molecule has 0 spiro atoms. The minimum absolute atomic E-state index is 0.121. The van der Waals surface area contributed by atoms with Crippen molar-refractivity contribution in [3.05, 3.63) is 34.4 Å². The predicted octanol–water partition coefficient (Wildman–Crippen LogP) is 2.28. The second kappa shape index (κ2) is 5.14. The Labute approximate surface area is 100 Å². The number of benzene rings is 1. The van der Waals surface area contributed by atoms with E-state index in [4.69, 9.17) is 5.73 Å². The molecule has 1 aliphatic rings. The third-order valence-corrected chi connectivity index (χ3v) is 3.16. The maximum atomic E-state index is 10.5. The fourth-order valence-corrected chi connectivity index (χ4v) is 2.27. The lowest BCUT2D eigenvalue weighted by molar-refractivity contribution is -0.384. The van der Waals surface area contributed by atoms with Gasteiger partial charge >= 0.3 is 0 Å². The molecule has 0 aromatic heterocycles. The molecule has 0 amide bonds. The third-order valence-electron chi connectivity index (χ3n) is 3.16. The predicted molar refractivity (Wildman–Crippen MR) is 67.0 cm³/mol. The standard InChI is InChI=1S/C12H17N3O2/c13-9-2-1-3-11(8-9)14-10-4-6-12(7-5-10)15(16)17/h4-7,9,11,14H,1-3,8,13H2. The molecule has 0 bridgehead atoms. The minimum atomic E-state index is -0.389. The molecule has 1 aliphatic carbocycles. The fourth-order valence-electron chi connectivity index (χ4n) is 2.27. The zero-order valence-electron chi connectivity index (χ0n) is 9.63. The van der Waals surface area contributed by atoms with E-state index in [1.807, 2.05) is 0 Å². The molecule has 0 radical (unpaired) electrons. The first-order valence-corrected chi connectivity index (χ1v) is 5.92. The summed E-state index contributed by atoms with van der Waals surface area (Å²) in [5, 5.41) is 13.9. The highest BCUT2D eigenvalue weighted by Crippen LogP contribution is 2.22. The van der Waals surface area contributed by atoms with E-state index >= 15 is 0 Å². The van der Waals surface area contributed by atoms with E-state index < -0.39 is 0 Å². The van der Waals surface area contributed by atoms with Crippen LogP contribution >= 0.6 is 0 Å². The van der Waals surface area contributed by atoms with E-state index in [-0.39, 0.29) is 16.7 Å². The molecule has 0 aliphatic heterocycles. The molecule has 5 heteroatoms. The average molecular weight is 235 g/mol. The number of nitro benzene ring substituents is 1. The van der Waals surface area contributed by atoms with E-state index in [1.165, 1.54) is 12.1 Å². The van der Waals surface area contributed by atoms with Gasteiger partial charge in [0.15, 0.2) is 0 Å². The number of nitrogens with zero attached hydrogens (tertiary/aromatic N) is 1. The highest BCUT2D eigenvalue weighted by Gasteiger charge is 2.18. The van der Waals surface area contributed by atoms with Crippen molar-refractivity contribution in [2.24, 2.45) is 5.73 Å². The van der Waals surface area contributed by atoms with Crippen LogP contribution in [0.4, 0.5) is 11.4 Å². The van der Waals surface area contributed by atoms with Gasteiger partial charge in [-0.1, -0.05) is 0 Å². The topological polar surface area (TPSA) is 81.2 Å². The van der Waals surface area contributed by atoms with Crippen LogP contribution in [0.5, 0.6) is 0 Å². The summed E-state index contributed by atoms with van der Waals surface area (Å²) in [4.78, 5) is 10.1. The zero-order valence-corrected chi connectivity index (χ0v) is 9.63. The van der Waals surface area contributed by atoms with Gasteiger partial charge in [0.1, 0.15) is 0 Å². The summed E-state index contributed by atoms with van der Waals surface area (Å²) in [5.74, 6) is 0. The number of nitrogens with one attached hydrogen (secondary N) is 1. The molecule has 1 aromatic rings. The van der Waals surface area contributed by atoms with Crippen LogP contribution in [0.25, 0.3) is 0 Å². The van der Waals surface area contributed by atoms with Gasteiger partial charge < -0.3 is 11.1 Å². The van der Waals surface area contributed by atoms with Gasteiger partial charge in [-0.15, -0.1) is 0 Å². The molecule has 3 N–H and O–H groups in total. The van der Waals surface area contributed by atoms with E-state index in [0.29, 0.717) is 6.04 Å². The number of anilines is 1. The minimum Gasteiger partial charge on any atom is -0.382 e. The first kappa shape index (κ1) is 11.9. The lowest BCUT2D eigenvalue weighted by Crippen LogP contribution is -2.34. The van der Waals surface area contributed by atoms with Gasteiger partial charge in [0, 0.05) is 29.9 Å². The van der Waals surface area contributed by atoms with E-state index in [1.54, 1.807) is 12.1 Å². The normalized spacial score (nSPS) is 24.3. The maximum absolute atomic E-state index is 10.5. The van der Waals surface area contributed by atoms with Crippen molar-refractivity contribution in [2.75, 3.05) is 5.32 Å². The summed E-state index contributed by atoms with van der Waals surface area (Å²) in [6.45, 7) is 0. The lowest BCUT2D eigenvalue weighted by Gasteiger charge is -2.28. The zero-order chi connectivity index (χ0) is 12.3. The van der Waals surface area contributed by atoms with Gasteiger partial charge in [-0.3, -0.25) is 10.1 Å². The van der Waals surface area contributed by atoms with E-state index in [0.717, 1.165) is 31.4 Å². The molecule has 0 heterocycles. The Morgan fingerprint density at radius 2 is 2.00 bits per heavy atom. The van der Waals surface area contributed by atoms with Crippen LogP contribution in [0.2, 0.25) is 0 Å². The van der Waals surface area contributed by atoms with Crippen LogP contribution in [-0.2, 0) is 0 Å². The Morgan fingerprint density at radius 1 is 1.29 bits per heavy atom. The Morgan fingerprint density at radius 3 is 2.59 bits per heavy atom. The molecule has 1 aromatic carbocycles. The SMILES string of the molecule is NC1CCCC(Nc2ccc([N+](=O)[O-])cc2)C1. The van der Waals surface area contributed by atoms with Crippen molar-refractivity contribution >= 4 is 11.4 Å². The van der Waals surface area contributed by atoms with Crippen LogP contribution in [0.3, 0.4) is 0 Å². The summed E-state index contributed by atoms with van der Waals surface area (Å²) >= 11 is 0. The van der Waals surface area contributed by atoms with Gasteiger partial charge in [-0.05, 0) is 37.8 Å². The quantitative estimate of drug-likeness (QED) is 0.622. The Kier molecular flexibility index (Phi) is 3.58. The summed E-state index contributed by atoms with van der Waals surface area (Å²) < 4.78 is 0. The average Bonchev–Trinajstić information content (AvgIpc) is 2.29. The van der Waals surface area contributed by atoms with Gasteiger partial charge in [-0.2, -0.15) is 0 Å². The van der Waals surface area contributed by atoms with Crippen molar-refractivity contribution in [1.82, 2.24) is 0 Å². The van der Waals surface area contributed by atoms with Crippen molar-refractivity contribution < 1.29 is 4.92 Å². The number of non-ortho nitro benzene ring substituents is 1. The molecule has 92 valence electrons. The fraction of sp³-hybridized carbons (Fsp3) is 0.500. The van der Waals surface area contributed by atoms with Gasteiger partial charge in [0.2, 0.25) is 0 Å². The smallest absolute Gasteiger partial charge is 0.269 e. The molecular formula is C12H17N3O2. The van der Waals surface area contributed by atoms with Crippen LogP contribution in [-0.4, -0.2) is 17.0 Å². The maximum Gasteiger partial charge on any atom is 0.269 e.